The molecular weight excluding hydrogens is 456 g/mol. The van der Waals surface area contributed by atoms with Crippen LogP contribution in [0, 0.1) is 0 Å². The fourth-order valence-corrected chi connectivity index (χ4v) is 4.87. The van der Waals surface area contributed by atoms with E-state index in [1.165, 1.54) is 16.3 Å². The molecule has 7 heteroatoms. The van der Waals surface area contributed by atoms with Crippen molar-refractivity contribution in [2.75, 3.05) is 26.2 Å². The van der Waals surface area contributed by atoms with Crippen LogP contribution in [0.4, 0.5) is 0 Å². The van der Waals surface area contributed by atoms with Crippen molar-refractivity contribution in [3.05, 3.63) is 83.9 Å². The summed E-state index contributed by atoms with van der Waals surface area (Å²) in [5, 5.41) is 9.09. The highest BCUT2D eigenvalue weighted by atomic mass is 35.5. The maximum atomic E-state index is 4.54. The van der Waals surface area contributed by atoms with E-state index < -0.39 is 0 Å². The Balaban J connectivity index is 0.00000229. The second kappa shape index (κ2) is 8.64. The minimum Gasteiger partial charge on any atom is -0.368 e. The quantitative estimate of drug-likeness (QED) is 0.288. The van der Waals surface area contributed by atoms with Gasteiger partial charge in [0.2, 0.25) is 0 Å². The van der Waals surface area contributed by atoms with Crippen molar-refractivity contribution in [3.63, 3.8) is 0 Å². The number of hydrogen-bond donors (Lipinski definition) is 4. The first-order valence-electron chi connectivity index (χ1n) is 11.7. The van der Waals surface area contributed by atoms with Crippen LogP contribution in [0.2, 0.25) is 0 Å². The number of fused-ring (bicyclic) bond motifs is 2. The lowest BCUT2D eigenvalue weighted by Gasteiger charge is -2.03. The van der Waals surface area contributed by atoms with Crippen LogP contribution in [0.3, 0.4) is 0 Å². The van der Waals surface area contributed by atoms with Gasteiger partial charge in [-0.05, 0) is 29.8 Å². The molecule has 2 aromatic heterocycles. The van der Waals surface area contributed by atoms with Gasteiger partial charge in [-0.15, -0.1) is 12.4 Å². The number of hydrogen-bond acceptors (Lipinski definition) is 4. The maximum Gasteiger partial charge on any atom is 0.128 e. The van der Waals surface area contributed by atoms with Gasteiger partial charge in [0, 0.05) is 63.0 Å². The molecule has 0 amide bonds. The normalized spacial score (nSPS) is 15.0. The van der Waals surface area contributed by atoms with E-state index in [0.29, 0.717) is 0 Å². The number of nitrogens with zero attached hydrogens (tertiary/aromatic N) is 2. The summed E-state index contributed by atoms with van der Waals surface area (Å²) >= 11 is 0. The maximum absolute atomic E-state index is 4.54. The Morgan fingerprint density at radius 2 is 1.00 bits per heavy atom. The van der Waals surface area contributed by atoms with Gasteiger partial charge >= 0.3 is 0 Å². The highest BCUT2D eigenvalue weighted by Gasteiger charge is 2.12. The third-order valence-corrected chi connectivity index (χ3v) is 6.65. The topological polar surface area (TPSA) is 80.4 Å². The standard InChI is InChI=1S/C28H24N6.ClH/c1-3-18(27-29-9-10-30-27)4-2-17(1)23-13-19-5-6-20(14-24(19)33-23)25-15-21-7-8-22(16-26(21)34-25)28-31-11-12-32-28;/h1-8,13-16,33-34H,9-12H2,(H,29,30)(H,31,32);1H. The predicted molar refractivity (Wildman–Crippen MR) is 147 cm³/mol. The monoisotopic (exact) mass is 480 g/mol. The highest BCUT2D eigenvalue weighted by molar-refractivity contribution is 6.03. The minimum absolute atomic E-state index is 0. The van der Waals surface area contributed by atoms with Crippen molar-refractivity contribution >= 4 is 45.9 Å². The molecule has 0 aliphatic carbocycles. The van der Waals surface area contributed by atoms with E-state index in [0.717, 1.165) is 77.0 Å². The summed E-state index contributed by atoms with van der Waals surface area (Å²) in [6, 6.07) is 26.1. The van der Waals surface area contributed by atoms with E-state index in [1.807, 2.05) is 0 Å². The van der Waals surface area contributed by atoms with Crippen LogP contribution in [0.15, 0.2) is 82.8 Å². The zero-order valence-electron chi connectivity index (χ0n) is 19.1. The van der Waals surface area contributed by atoms with E-state index in [4.69, 9.17) is 0 Å². The molecular formula is C28H25ClN6. The van der Waals surface area contributed by atoms with Crippen LogP contribution in [-0.4, -0.2) is 47.8 Å². The summed E-state index contributed by atoms with van der Waals surface area (Å²) in [5.41, 5.74) is 9.08. The Morgan fingerprint density at radius 3 is 1.60 bits per heavy atom. The Bertz CT molecular complexity index is 1610. The van der Waals surface area contributed by atoms with Gasteiger partial charge in [-0.1, -0.05) is 48.5 Å². The van der Waals surface area contributed by atoms with Gasteiger partial charge in [0.15, 0.2) is 0 Å². The van der Waals surface area contributed by atoms with Crippen LogP contribution in [0.1, 0.15) is 11.1 Å². The molecule has 0 unspecified atom stereocenters. The fourth-order valence-electron chi connectivity index (χ4n) is 4.87. The van der Waals surface area contributed by atoms with E-state index in [-0.39, 0.29) is 12.4 Å². The van der Waals surface area contributed by atoms with E-state index in [1.54, 1.807) is 0 Å². The number of benzene rings is 3. The van der Waals surface area contributed by atoms with Gasteiger partial charge in [0.1, 0.15) is 11.7 Å². The molecule has 0 bridgehead atoms. The molecule has 3 aromatic carbocycles. The number of aromatic amines is 2. The second-order valence-corrected chi connectivity index (χ2v) is 8.86. The zero-order valence-corrected chi connectivity index (χ0v) is 19.9. The summed E-state index contributed by atoms with van der Waals surface area (Å²) in [6.45, 7) is 3.53. The molecule has 4 N–H and O–H groups in total. The first kappa shape index (κ1) is 21.5. The van der Waals surface area contributed by atoms with E-state index in [9.17, 15) is 0 Å². The van der Waals surface area contributed by atoms with Gasteiger partial charge in [-0.3, -0.25) is 9.98 Å². The molecule has 35 heavy (non-hydrogen) atoms. The molecule has 6 nitrogen and oxygen atoms in total. The average Bonchev–Trinajstić information content (AvgIpc) is 3.69. The Hall–Kier alpha value is -4.03. The SMILES string of the molecule is Cl.c1cc(-c2cc3ccc(-c4cc5ccc(C6=NCCN6)cc5[nH]4)cc3[nH]2)ccc1C1=NCCN1. The smallest absolute Gasteiger partial charge is 0.128 e. The molecule has 4 heterocycles. The molecule has 0 fully saturated rings. The molecule has 0 radical (unpaired) electrons. The molecule has 5 aromatic rings. The first-order chi connectivity index (χ1) is 16.8. The summed E-state index contributed by atoms with van der Waals surface area (Å²) < 4.78 is 0. The summed E-state index contributed by atoms with van der Waals surface area (Å²) in [7, 11) is 0. The number of H-pyrrole nitrogens is 2. The lowest BCUT2D eigenvalue weighted by atomic mass is 10.1. The molecule has 0 saturated carbocycles. The molecule has 0 spiro atoms. The predicted octanol–water partition coefficient (Wildman–Crippen LogP) is 5.10. The number of aliphatic imine (C=N–C) groups is 2. The molecule has 7 rings (SSSR count). The Kier molecular flexibility index (Phi) is 5.30. The van der Waals surface area contributed by atoms with Crippen molar-refractivity contribution in [1.29, 1.82) is 0 Å². The van der Waals surface area contributed by atoms with Crippen molar-refractivity contribution in [2.24, 2.45) is 9.98 Å². The minimum atomic E-state index is 0. The van der Waals surface area contributed by atoms with Crippen LogP contribution < -0.4 is 10.6 Å². The van der Waals surface area contributed by atoms with Crippen LogP contribution >= 0.6 is 12.4 Å². The van der Waals surface area contributed by atoms with Crippen molar-refractivity contribution in [2.45, 2.75) is 0 Å². The average molecular weight is 481 g/mol. The molecule has 2 aliphatic rings. The number of amidine groups is 2. The first-order valence-corrected chi connectivity index (χ1v) is 11.7. The van der Waals surface area contributed by atoms with Crippen LogP contribution in [-0.2, 0) is 0 Å². The van der Waals surface area contributed by atoms with E-state index in [2.05, 4.69) is 103 Å². The molecule has 0 saturated heterocycles. The van der Waals surface area contributed by atoms with Gasteiger partial charge in [-0.25, -0.2) is 0 Å². The summed E-state index contributed by atoms with van der Waals surface area (Å²) in [4.78, 5) is 16.3. The number of rotatable bonds is 4. The van der Waals surface area contributed by atoms with E-state index >= 15 is 0 Å². The van der Waals surface area contributed by atoms with Crippen molar-refractivity contribution in [3.8, 4) is 22.5 Å². The Labute approximate surface area is 209 Å². The van der Waals surface area contributed by atoms with Crippen molar-refractivity contribution in [1.82, 2.24) is 20.6 Å². The fraction of sp³-hybridized carbons (Fsp3) is 0.143. The lowest BCUT2D eigenvalue weighted by molar-refractivity contribution is 0.960. The molecule has 0 atom stereocenters. The number of halogens is 1. The third-order valence-electron chi connectivity index (χ3n) is 6.65. The van der Waals surface area contributed by atoms with Gasteiger partial charge in [0.05, 0.1) is 13.1 Å². The van der Waals surface area contributed by atoms with Crippen LogP contribution in [0.5, 0.6) is 0 Å². The lowest BCUT2D eigenvalue weighted by Crippen LogP contribution is -2.19. The summed E-state index contributed by atoms with van der Waals surface area (Å²) in [6.07, 6.45) is 0. The highest BCUT2D eigenvalue weighted by Crippen LogP contribution is 2.30. The van der Waals surface area contributed by atoms with Crippen LogP contribution in [0.25, 0.3) is 44.3 Å². The number of aromatic nitrogens is 2. The van der Waals surface area contributed by atoms with Crippen molar-refractivity contribution < 1.29 is 0 Å². The summed E-state index contributed by atoms with van der Waals surface area (Å²) in [5.74, 6) is 1.98. The zero-order chi connectivity index (χ0) is 22.5. The van der Waals surface area contributed by atoms with Gasteiger partial charge in [0.25, 0.3) is 0 Å². The van der Waals surface area contributed by atoms with Gasteiger partial charge in [-0.2, -0.15) is 0 Å². The largest absolute Gasteiger partial charge is 0.368 e. The molecule has 2 aliphatic heterocycles. The number of nitrogens with one attached hydrogen (secondary N) is 4. The van der Waals surface area contributed by atoms with Gasteiger partial charge < -0.3 is 20.6 Å². The Morgan fingerprint density at radius 1 is 0.514 bits per heavy atom. The second-order valence-electron chi connectivity index (χ2n) is 8.86. The third kappa shape index (κ3) is 3.86. The molecule has 174 valence electrons.